The van der Waals surface area contributed by atoms with Gasteiger partial charge in [-0.25, -0.2) is 15.0 Å². The maximum Gasteiger partial charge on any atom is 0.198 e. The van der Waals surface area contributed by atoms with Crippen LogP contribution in [0.15, 0.2) is 46.4 Å². The van der Waals surface area contributed by atoms with Crippen LogP contribution in [-0.2, 0) is 0 Å². The van der Waals surface area contributed by atoms with Crippen LogP contribution >= 0.6 is 0 Å². The van der Waals surface area contributed by atoms with E-state index in [0.717, 1.165) is 38.7 Å². The van der Waals surface area contributed by atoms with Gasteiger partial charge in [-0.3, -0.25) is 0 Å². The van der Waals surface area contributed by atoms with E-state index in [9.17, 15) is 0 Å². The number of imidazole rings is 1. The van der Waals surface area contributed by atoms with Crippen LogP contribution in [0.4, 0.5) is 0 Å². The van der Waals surface area contributed by atoms with Gasteiger partial charge in [0.25, 0.3) is 0 Å². The molecule has 4 nitrogen and oxygen atoms in total. The number of hydrogen-bond donors (Lipinski definition) is 1. The van der Waals surface area contributed by atoms with Crippen LogP contribution in [0, 0.1) is 0 Å². The zero-order valence-electron chi connectivity index (χ0n) is 9.38. The third kappa shape index (κ3) is 0.898. The first-order valence-corrected chi connectivity index (χ1v) is 5.93. The number of nitrogens with one attached hydrogen (secondary N) is 1. The maximum atomic E-state index is 4.69. The minimum Gasteiger partial charge on any atom is -0.338 e. The molecule has 1 aromatic heterocycles. The Morgan fingerprint density at radius 1 is 1.06 bits per heavy atom. The number of fused-ring (bicyclic) bond motifs is 5. The monoisotopic (exact) mass is 232 g/mol. The van der Waals surface area contributed by atoms with Gasteiger partial charge in [0.05, 0.1) is 21.7 Å². The fraction of sp³-hybridized carbons (Fsp3) is 0.0714. The summed E-state index contributed by atoms with van der Waals surface area (Å²) in [4.78, 5) is 17.2. The van der Waals surface area contributed by atoms with Gasteiger partial charge in [0.2, 0.25) is 0 Å². The number of para-hydroxylation sites is 1. The van der Waals surface area contributed by atoms with E-state index in [1.165, 1.54) is 0 Å². The third-order valence-corrected chi connectivity index (χ3v) is 3.58. The number of hydrogen-bond acceptors (Lipinski definition) is 3. The molecule has 0 radical (unpaired) electrons. The molecule has 84 valence electrons. The smallest absolute Gasteiger partial charge is 0.198 e. The van der Waals surface area contributed by atoms with Crippen molar-refractivity contribution >= 4 is 11.0 Å². The molecule has 2 aliphatic rings. The first-order valence-electron chi connectivity index (χ1n) is 5.93. The minimum atomic E-state index is -0.215. The molecule has 3 heterocycles. The predicted molar refractivity (Wildman–Crippen MR) is 66.6 cm³/mol. The second kappa shape index (κ2) is 2.67. The Kier molecular flexibility index (Phi) is 1.27. The van der Waals surface area contributed by atoms with E-state index in [0.29, 0.717) is 0 Å². The van der Waals surface area contributed by atoms with Crippen molar-refractivity contribution in [3.8, 4) is 11.1 Å². The SMILES string of the molecule is c1cc2c3c(c1)=NC(N=3)c1nc3ccc-2cc3[nH]1. The van der Waals surface area contributed by atoms with Gasteiger partial charge in [-0.05, 0) is 23.8 Å². The molecule has 0 saturated carbocycles. The fourth-order valence-corrected chi connectivity index (χ4v) is 2.73. The van der Waals surface area contributed by atoms with Crippen LogP contribution in [0.3, 0.4) is 0 Å². The van der Waals surface area contributed by atoms with Gasteiger partial charge < -0.3 is 4.98 Å². The second-order valence-electron chi connectivity index (χ2n) is 4.66. The standard InChI is InChI=1S/C14H8N4/c1-2-8-7-4-5-9-11(6-7)17-13(15-9)14-16-10(3-1)12(8)18-14/h1-6,14H,(H,15,17). The number of H-pyrrole nitrogens is 1. The van der Waals surface area contributed by atoms with Crippen molar-refractivity contribution < 1.29 is 0 Å². The van der Waals surface area contributed by atoms with Gasteiger partial charge in [-0.2, -0.15) is 0 Å². The Hall–Kier alpha value is -2.49. The molecule has 0 fully saturated rings. The molecule has 0 spiro atoms. The average Bonchev–Trinajstić information content (AvgIpc) is 3.00. The van der Waals surface area contributed by atoms with E-state index >= 15 is 0 Å². The van der Waals surface area contributed by atoms with Crippen LogP contribution in [-0.4, -0.2) is 9.97 Å². The molecule has 2 aliphatic heterocycles. The van der Waals surface area contributed by atoms with Crippen molar-refractivity contribution in [2.24, 2.45) is 9.98 Å². The summed E-state index contributed by atoms with van der Waals surface area (Å²) in [5, 5.41) is 1.94. The minimum absolute atomic E-state index is 0.215. The summed E-state index contributed by atoms with van der Waals surface area (Å²) in [5.74, 6) is 0.825. The highest BCUT2D eigenvalue weighted by atomic mass is 15.1. The summed E-state index contributed by atoms with van der Waals surface area (Å²) < 4.78 is 0. The molecular formula is C14H8N4. The summed E-state index contributed by atoms with van der Waals surface area (Å²) in [6.07, 6.45) is -0.215. The zero-order valence-corrected chi connectivity index (χ0v) is 9.38. The summed E-state index contributed by atoms with van der Waals surface area (Å²) >= 11 is 0. The van der Waals surface area contributed by atoms with Crippen molar-refractivity contribution in [2.75, 3.05) is 0 Å². The molecule has 18 heavy (non-hydrogen) atoms. The van der Waals surface area contributed by atoms with Crippen LogP contribution in [0.1, 0.15) is 12.0 Å². The lowest BCUT2D eigenvalue weighted by atomic mass is 10.0. The van der Waals surface area contributed by atoms with Crippen molar-refractivity contribution in [2.45, 2.75) is 6.17 Å². The van der Waals surface area contributed by atoms with Crippen molar-refractivity contribution in [3.63, 3.8) is 0 Å². The lowest BCUT2D eigenvalue weighted by molar-refractivity contribution is 0.722. The van der Waals surface area contributed by atoms with Gasteiger partial charge in [0.1, 0.15) is 0 Å². The molecule has 0 saturated heterocycles. The average molecular weight is 232 g/mol. The number of rotatable bonds is 0. The van der Waals surface area contributed by atoms with E-state index in [-0.39, 0.29) is 6.17 Å². The van der Waals surface area contributed by atoms with Crippen LogP contribution in [0.2, 0.25) is 0 Å². The first-order chi connectivity index (χ1) is 8.88. The summed E-state index contributed by atoms with van der Waals surface area (Å²) in [6, 6.07) is 12.4. The molecule has 2 aromatic carbocycles. The van der Waals surface area contributed by atoms with E-state index in [4.69, 9.17) is 0 Å². The van der Waals surface area contributed by atoms with Gasteiger partial charge in [0, 0.05) is 5.56 Å². The molecule has 1 atom stereocenters. The predicted octanol–water partition coefficient (Wildman–Crippen LogP) is 1.49. The Bertz CT molecular complexity index is 936. The highest BCUT2D eigenvalue weighted by Gasteiger charge is 2.20. The quantitative estimate of drug-likeness (QED) is 0.627. The Morgan fingerprint density at radius 3 is 3.06 bits per heavy atom. The van der Waals surface area contributed by atoms with Gasteiger partial charge >= 0.3 is 0 Å². The maximum absolute atomic E-state index is 4.69. The Morgan fingerprint density at radius 2 is 2.06 bits per heavy atom. The fourth-order valence-electron chi connectivity index (χ4n) is 2.73. The van der Waals surface area contributed by atoms with Crippen molar-refractivity contribution in [1.82, 2.24) is 9.97 Å². The van der Waals surface area contributed by atoms with Crippen LogP contribution in [0.25, 0.3) is 22.2 Å². The highest BCUT2D eigenvalue weighted by molar-refractivity contribution is 5.82. The van der Waals surface area contributed by atoms with E-state index < -0.39 is 0 Å². The van der Waals surface area contributed by atoms with Gasteiger partial charge in [-0.15, -0.1) is 0 Å². The lowest BCUT2D eigenvalue weighted by Gasteiger charge is -2.01. The van der Waals surface area contributed by atoms with Gasteiger partial charge in [0.15, 0.2) is 12.0 Å². The van der Waals surface area contributed by atoms with E-state index in [2.05, 4.69) is 44.2 Å². The normalized spacial score (nSPS) is 18.3. The summed E-state index contributed by atoms with van der Waals surface area (Å²) in [5.41, 5.74) is 4.34. The molecule has 5 rings (SSSR count). The van der Waals surface area contributed by atoms with Crippen LogP contribution < -0.4 is 10.7 Å². The molecule has 1 unspecified atom stereocenters. The van der Waals surface area contributed by atoms with E-state index in [1.54, 1.807) is 0 Å². The Balaban J connectivity index is 2.11. The molecule has 3 aromatic rings. The third-order valence-electron chi connectivity index (χ3n) is 3.58. The molecule has 5 bridgehead atoms. The molecule has 1 N–H and O–H groups in total. The Labute approximate surface area is 102 Å². The first kappa shape index (κ1) is 8.58. The second-order valence-corrected chi connectivity index (χ2v) is 4.66. The number of aromatic amines is 1. The summed E-state index contributed by atoms with van der Waals surface area (Å²) in [6.45, 7) is 0. The van der Waals surface area contributed by atoms with Gasteiger partial charge in [-0.1, -0.05) is 18.2 Å². The number of nitrogens with zero attached hydrogens (tertiary/aromatic N) is 3. The molecule has 4 heteroatoms. The number of aromatic nitrogens is 2. The van der Waals surface area contributed by atoms with E-state index in [1.807, 2.05) is 12.1 Å². The number of benzene rings is 2. The highest BCUT2D eigenvalue weighted by Crippen LogP contribution is 2.27. The summed E-state index contributed by atoms with van der Waals surface area (Å²) in [7, 11) is 0. The lowest BCUT2D eigenvalue weighted by Crippen LogP contribution is -2.23. The largest absolute Gasteiger partial charge is 0.338 e. The van der Waals surface area contributed by atoms with Crippen molar-refractivity contribution in [1.29, 1.82) is 0 Å². The molecule has 0 aliphatic carbocycles. The topological polar surface area (TPSA) is 53.4 Å². The molecular weight excluding hydrogens is 224 g/mol. The molecule has 0 amide bonds. The zero-order chi connectivity index (χ0) is 11.7. The van der Waals surface area contributed by atoms with Crippen molar-refractivity contribution in [3.05, 3.63) is 52.9 Å². The van der Waals surface area contributed by atoms with Crippen LogP contribution in [0.5, 0.6) is 0 Å².